The van der Waals surface area contributed by atoms with Crippen LogP contribution in [-0.4, -0.2) is 53.8 Å². The highest BCUT2D eigenvalue weighted by Crippen LogP contribution is 2.26. The van der Waals surface area contributed by atoms with Crippen molar-refractivity contribution < 1.29 is 41.4 Å². The molecule has 1 aromatic carbocycles. The average molecular weight is 447 g/mol. The number of benzene rings is 1. The van der Waals surface area contributed by atoms with Gasteiger partial charge in [-0.15, -0.1) is 0 Å². The molecule has 12 heteroatoms. The fourth-order valence-electron chi connectivity index (χ4n) is 2.16. The van der Waals surface area contributed by atoms with Crippen molar-refractivity contribution in [1.82, 2.24) is 10.6 Å². The summed E-state index contributed by atoms with van der Waals surface area (Å²) < 4.78 is 64.9. The summed E-state index contributed by atoms with van der Waals surface area (Å²) >= 11 is 5.78. The molecule has 0 saturated carbocycles. The largest absolute Gasteiger partial charge is 0.490 e. The highest BCUT2D eigenvalue weighted by molar-refractivity contribution is 6.30. The van der Waals surface area contributed by atoms with Crippen molar-refractivity contribution in [3.05, 3.63) is 29.3 Å². The van der Waals surface area contributed by atoms with E-state index >= 15 is 0 Å². The predicted octanol–water partition coefficient (Wildman–Crippen LogP) is 3.24. The lowest BCUT2D eigenvalue weighted by Crippen LogP contribution is -2.61. The van der Waals surface area contributed by atoms with E-state index in [0.29, 0.717) is 10.8 Å². The lowest BCUT2D eigenvalue weighted by atomic mass is 10.0. The summed E-state index contributed by atoms with van der Waals surface area (Å²) in [5, 5.41) is 12.9. The minimum atomic E-state index is -5.08. The van der Waals surface area contributed by atoms with Gasteiger partial charge >= 0.3 is 12.1 Å². The fourth-order valence-corrected chi connectivity index (χ4v) is 2.28. The van der Waals surface area contributed by atoms with Crippen LogP contribution >= 0.6 is 11.6 Å². The first-order valence-electron chi connectivity index (χ1n) is 8.29. The Kier molecular flexibility index (Phi) is 8.22. The molecule has 1 aliphatic heterocycles. The van der Waals surface area contributed by atoms with Crippen molar-refractivity contribution in [1.29, 1.82) is 0 Å². The third kappa shape index (κ3) is 8.01. The number of rotatable bonds is 4. The fraction of sp³-hybridized carbons (Fsp3) is 0.529. The van der Waals surface area contributed by atoms with Gasteiger partial charge in [-0.1, -0.05) is 11.6 Å². The molecule has 1 atom stereocenters. The first-order valence-corrected chi connectivity index (χ1v) is 8.67. The highest BCUT2D eigenvalue weighted by Gasteiger charge is 2.44. The molecule has 0 aliphatic carbocycles. The van der Waals surface area contributed by atoms with Crippen molar-refractivity contribution in [2.24, 2.45) is 0 Å². The van der Waals surface area contributed by atoms with Gasteiger partial charge in [0.05, 0.1) is 0 Å². The van der Waals surface area contributed by atoms with E-state index in [1.54, 1.807) is 24.3 Å². The molecule has 29 heavy (non-hydrogen) atoms. The summed E-state index contributed by atoms with van der Waals surface area (Å²) in [6.45, 7) is 3.34. The number of alkyl halides is 5. The van der Waals surface area contributed by atoms with E-state index in [-0.39, 0.29) is 19.5 Å². The lowest BCUT2D eigenvalue weighted by molar-refractivity contribution is -0.192. The molecule has 0 unspecified atom stereocenters. The first-order chi connectivity index (χ1) is 13.1. The van der Waals surface area contributed by atoms with Crippen LogP contribution in [0.5, 0.6) is 5.75 Å². The third-order valence-corrected chi connectivity index (χ3v) is 4.03. The van der Waals surface area contributed by atoms with E-state index < -0.39 is 35.6 Å². The summed E-state index contributed by atoms with van der Waals surface area (Å²) in [4.78, 5) is 21.2. The topological polar surface area (TPSA) is 87.7 Å². The zero-order valence-corrected chi connectivity index (χ0v) is 16.2. The number of hydrogen-bond acceptors (Lipinski definition) is 4. The van der Waals surface area contributed by atoms with Crippen LogP contribution in [-0.2, 0) is 9.59 Å². The molecule has 0 radical (unpaired) electrons. The Labute approximate surface area is 168 Å². The summed E-state index contributed by atoms with van der Waals surface area (Å²) in [7, 11) is 0. The quantitative estimate of drug-likeness (QED) is 0.618. The van der Waals surface area contributed by atoms with E-state index in [1.165, 1.54) is 13.8 Å². The Balaban J connectivity index is 0.000000516. The maximum atomic E-state index is 13.8. The second kappa shape index (κ2) is 9.57. The van der Waals surface area contributed by atoms with E-state index in [4.69, 9.17) is 26.2 Å². The maximum Gasteiger partial charge on any atom is 0.490 e. The van der Waals surface area contributed by atoms with Crippen molar-refractivity contribution in [2.45, 2.75) is 44.0 Å². The minimum Gasteiger partial charge on any atom is -0.478 e. The van der Waals surface area contributed by atoms with E-state index in [2.05, 4.69) is 10.6 Å². The standard InChI is InChI=1S/C15H19ClF2N2O2.C2HF3O2/c1-14(2,22-11-5-3-10(16)4-6-11)13(21)20-12-9-19-8-7-15(12,17)18;3-2(4,5)1(6)7/h3-6,12,19H,7-9H2,1-2H3,(H,20,21);(H,6,7)/t12-;/m1./s1. The molecule has 1 heterocycles. The van der Waals surface area contributed by atoms with E-state index in [0.717, 1.165) is 0 Å². The van der Waals surface area contributed by atoms with Crippen molar-refractivity contribution in [3.63, 3.8) is 0 Å². The molecule has 1 aromatic rings. The Morgan fingerprint density at radius 3 is 2.21 bits per heavy atom. The van der Waals surface area contributed by atoms with Gasteiger partial charge in [-0.2, -0.15) is 13.2 Å². The molecule has 1 aliphatic rings. The molecule has 0 bridgehead atoms. The molecule has 1 amide bonds. The Hall–Kier alpha value is -2.14. The number of carbonyl (C=O) groups is 2. The number of hydrogen-bond donors (Lipinski definition) is 3. The van der Waals surface area contributed by atoms with Gasteiger partial charge in [0.2, 0.25) is 0 Å². The monoisotopic (exact) mass is 446 g/mol. The van der Waals surface area contributed by atoms with Crippen LogP contribution in [0.1, 0.15) is 20.3 Å². The summed E-state index contributed by atoms with van der Waals surface area (Å²) in [5.41, 5.74) is -1.28. The number of ether oxygens (including phenoxy) is 1. The number of amides is 1. The van der Waals surface area contributed by atoms with Gasteiger partial charge in [0.25, 0.3) is 11.8 Å². The van der Waals surface area contributed by atoms with Gasteiger partial charge in [0, 0.05) is 24.5 Å². The number of carboxylic acid groups (broad SMARTS) is 1. The number of aliphatic carboxylic acids is 1. The van der Waals surface area contributed by atoms with Crippen LogP contribution < -0.4 is 15.4 Å². The number of nitrogens with one attached hydrogen (secondary N) is 2. The molecule has 1 fully saturated rings. The molecule has 3 N–H and O–H groups in total. The average Bonchev–Trinajstić information content (AvgIpc) is 2.58. The molecular weight excluding hydrogens is 427 g/mol. The van der Waals surface area contributed by atoms with Crippen LogP contribution in [0.15, 0.2) is 24.3 Å². The maximum absolute atomic E-state index is 13.8. The van der Waals surface area contributed by atoms with Crippen LogP contribution in [0, 0.1) is 0 Å². The normalized spacial score (nSPS) is 18.8. The van der Waals surface area contributed by atoms with E-state index in [1.807, 2.05) is 0 Å². The molecule has 1 saturated heterocycles. The Bertz CT molecular complexity index is 711. The van der Waals surface area contributed by atoms with Gasteiger partial charge < -0.3 is 20.5 Å². The number of carbonyl (C=O) groups excluding carboxylic acids is 1. The molecule has 6 nitrogen and oxygen atoms in total. The molecule has 0 aromatic heterocycles. The van der Waals surface area contributed by atoms with Crippen LogP contribution in [0.2, 0.25) is 5.02 Å². The first kappa shape index (κ1) is 24.9. The molecule has 164 valence electrons. The van der Waals surface area contributed by atoms with Crippen molar-refractivity contribution in [2.75, 3.05) is 13.1 Å². The van der Waals surface area contributed by atoms with Crippen LogP contribution in [0.25, 0.3) is 0 Å². The summed E-state index contributed by atoms with van der Waals surface area (Å²) in [6, 6.07) is 5.26. The summed E-state index contributed by atoms with van der Waals surface area (Å²) in [5.74, 6) is -5.82. The van der Waals surface area contributed by atoms with E-state index in [9.17, 15) is 26.7 Å². The Morgan fingerprint density at radius 1 is 1.24 bits per heavy atom. The molecular formula is C17H20ClF5N2O4. The van der Waals surface area contributed by atoms with Gasteiger partial charge in [0.15, 0.2) is 5.60 Å². The number of piperidine rings is 1. The molecule has 0 spiro atoms. The van der Waals surface area contributed by atoms with Crippen molar-refractivity contribution >= 4 is 23.5 Å². The predicted molar refractivity (Wildman–Crippen MR) is 94.2 cm³/mol. The van der Waals surface area contributed by atoms with Crippen molar-refractivity contribution in [3.8, 4) is 5.75 Å². The second-order valence-corrected chi connectivity index (χ2v) is 7.05. The number of halogens is 6. The zero-order valence-electron chi connectivity index (χ0n) is 15.4. The van der Waals surface area contributed by atoms with Gasteiger partial charge in [-0.05, 0) is 38.1 Å². The van der Waals surface area contributed by atoms with Crippen LogP contribution in [0.4, 0.5) is 22.0 Å². The van der Waals surface area contributed by atoms with Gasteiger partial charge in [0.1, 0.15) is 11.8 Å². The zero-order chi connectivity index (χ0) is 22.5. The van der Waals surface area contributed by atoms with Gasteiger partial charge in [-0.25, -0.2) is 13.6 Å². The molecule has 2 rings (SSSR count). The smallest absolute Gasteiger partial charge is 0.478 e. The Morgan fingerprint density at radius 2 is 1.76 bits per heavy atom. The summed E-state index contributed by atoms with van der Waals surface area (Å²) in [6.07, 6.45) is -5.38. The minimum absolute atomic E-state index is 0.0375. The number of carboxylic acids is 1. The highest BCUT2D eigenvalue weighted by atomic mass is 35.5. The SMILES string of the molecule is CC(C)(Oc1ccc(Cl)cc1)C(=O)N[C@@H]1CNCCC1(F)F.O=C(O)C(F)(F)F. The van der Waals surface area contributed by atoms with Crippen LogP contribution in [0.3, 0.4) is 0 Å². The third-order valence-electron chi connectivity index (χ3n) is 3.77. The second-order valence-electron chi connectivity index (χ2n) is 6.61. The lowest BCUT2D eigenvalue weighted by Gasteiger charge is -2.35. The van der Waals surface area contributed by atoms with Gasteiger partial charge in [-0.3, -0.25) is 4.79 Å².